The quantitative estimate of drug-likeness (QED) is 0.737. The molecule has 0 unspecified atom stereocenters. The highest BCUT2D eigenvalue weighted by Gasteiger charge is 2.27. The minimum atomic E-state index is 0.0955. The predicted molar refractivity (Wildman–Crippen MR) is 98.9 cm³/mol. The highest BCUT2D eigenvalue weighted by molar-refractivity contribution is 6.00. The van der Waals surface area contributed by atoms with Crippen LogP contribution in [0, 0.1) is 0 Å². The molecule has 1 aliphatic heterocycles. The number of para-hydroxylation sites is 1. The van der Waals surface area contributed by atoms with Crippen molar-refractivity contribution in [1.29, 1.82) is 0 Å². The molecule has 1 fully saturated rings. The van der Waals surface area contributed by atoms with Crippen LogP contribution in [0.2, 0.25) is 0 Å². The van der Waals surface area contributed by atoms with Gasteiger partial charge in [0.05, 0.1) is 23.9 Å². The third-order valence-corrected chi connectivity index (χ3v) is 4.67. The number of hydrogen-bond donors (Lipinski definition) is 0. The van der Waals surface area contributed by atoms with Crippen molar-refractivity contribution in [2.45, 2.75) is 13.3 Å². The highest BCUT2D eigenvalue weighted by Crippen LogP contribution is 2.29. The molecule has 1 saturated heterocycles. The number of benzene rings is 1. The summed E-state index contributed by atoms with van der Waals surface area (Å²) in [7, 11) is 1.86. The summed E-state index contributed by atoms with van der Waals surface area (Å²) in [6.45, 7) is 3.92. The zero-order valence-corrected chi connectivity index (χ0v) is 14.5. The zero-order valence-electron chi connectivity index (χ0n) is 14.5. The number of nitrogens with zero attached hydrogens (tertiary/aromatic N) is 5. The van der Waals surface area contributed by atoms with Gasteiger partial charge < -0.3 is 9.80 Å². The van der Waals surface area contributed by atoms with Crippen molar-refractivity contribution in [3.8, 4) is 0 Å². The Morgan fingerprint density at radius 2 is 2.04 bits per heavy atom. The van der Waals surface area contributed by atoms with E-state index >= 15 is 0 Å². The fourth-order valence-electron chi connectivity index (χ4n) is 3.35. The Bertz CT molecular complexity index is 932. The topological polar surface area (TPSA) is 54.3 Å². The van der Waals surface area contributed by atoms with E-state index in [1.807, 2.05) is 36.3 Å². The van der Waals surface area contributed by atoms with Gasteiger partial charge in [0.2, 0.25) is 5.91 Å². The first-order valence-electron chi connectivity index (χ1n) is 8.58. The van der Waals surface area contributed by atoms with Crippen molar-refractivity contribution in [2.75, 3.05) is 29.4 Å². The van der Waals surface area contributed by atoms with Gasteiger partial charge in [-0.05, 0) is 18.6 Å². The van der Waals surface area contributed by atoms with Gasteiger partial charge in [-0.15, -0.1) is 0 Å². The van der Waals surface area contributed by atoms with Gasteiger partial charge >= 0.3 is 0 Å². The number of rotatable bonds is 3. The summed E-state index contributed by atoms with van der Waals surface area (Å²) < 4.78 is 1.72. The number of aromatic nitrogens is 3. The van der Waals surface area contributed by atoms with Crippen LogP contribution in [-0.2, 0) is 18.3 Å². The van der Waals surface area contributed by atoms with Gasteiger partial charge in [0, 0.05) is 43.1 Å². The summed E-state index contributed by atoms with van der Waals surface area (Å²) in [5.41, 5.74) is 4.00. The molecule has 3 aromatic rings. The number of amides is 1. The van der Waals surface area contributed by atoms with Crippen molar-refractivity contribution in [3.63, 3.8) is 0 Å². The van der Waals surface area contributed by atoms with Gasteiger partial charge in [-0.3, -0.25) is 14.5 Å². The first-order chi connectivity index (χ1) is 12.2. The molecule has 128 valence electrons. The molecule has 0 spiro atoms. The molecule has 0 atom stereocenters. The molecular formula is C19H21N5O. The van der Waals surface area contributed by atoms with Crippen molar-refractivity contribution in [3.05, 3.63) is 48.4 Å². The van der Waals surface area contributed by atoms with Crippen LogP contribution in [0.4, 0.5) is 11.4 Å². The molecule has 4 rings (SSSR count). The Kier molecular flexibility index (Phi) is 3.87. The molecule has 1 aromatic carbocycles. The molecular weight excluding hydrogens is 314 g/mol. The molecule has 1 aliphatic rings. The normalized spacial score (nSPS) is 15.2. The van der Waals surface area contributed by atoms with Crippen LogP contribution >= 0.6 is 0 Å². The van der Waals surface area contributed by atoms with Gasteiger partial charge in [0.1, 0.15) is 0 Å². The summed E-state index contributed by atoms with van der Waals surface area (Å²) >= 11 is 0. The maximum atomic E-state index is 12.7. The van der Waals surface area contributed by atoms with Crippen LogP contribution in [0.25, 0.3) is 10.9 Å². The SMILES string of the molecule is CCc1cc(N2CCN(c3cnn(C)c3)C(=O)C2)c2ccccc2n1. The minimum Gasteiger partial charge on any atom is -0.360 e. The fourth-order valence-corrected chi connectivity index (χ4v) is 3.35. The molecule has 0 radical (unpaired) electrons. The van der Waals surface area contributed by atoms with Gasteiger partial charge in [0.25, 0.3) is 0 Å². The summed E-state index contributed by atoms with van der Waals surface area (Å²) in [5.74, 6) is 0.0955. The van der Waals surface area contributed by atoms with Crippen LogP contribution in [0.1, 0.15) is 12.6 Å². The lowest BCUT2D eigenvalue weighted by molar-refractivity contribution is -0.117. The molecule has 0 bridgehead atoms. The standard InChI is InChI=1S/C19H21N5O/c1-3-14-10-18(16-6-4-5-7-17(16)21-14)23-8-9-24(19(25)13-23)15-11-20-22(2)12-15/h4-7,10-12H,3,8-9,13H2,1-2H3. The number of fused-ring (bicyclic) bond motifs is 1. The molecule has 0 aliphatic carbocycles. The van der Waals surface area contributed by atoms with E-state index in [2.05, 4.69) is 29.1 Å². The Morgan fingerprint density at radius 3 is 2.76 bits per heavy atom. The number of hydrogen-bond acceptors (Lipinski definition) is 4. The average Bonchev–Trinajstić information content (AvgIpc) is 3.06. The second-order valence-electron chi connectivity index (χ2n) is 6.34. The minimum absolute atomic E-state index is 0.0955. The maximum Gasteiger partial charge on any atom is 0.246 e. The van der Waals surface area contributed by atoms with E-state index in [0.29, 0.717) is 13.1 Å². The smallest absolute Gasteiger partial charge is 0.246 e. The Balaban J connectivity index is 1.66. The summed E-state index contributed by atoms with van der Waals surface area (Å²) in [6.07, 6.45) is 4.50. The van der Waals surface area contributed by atoms with Gasteiger partial charge in [0.15, 0.2) is 0 Å². The van der Waals surface area contributed by atoms with E-state index in [0.717, 1.165) is 40.9 Å². The first-order valence-corrected chi connectivity index (χ1v) is 8.58. The van der Waals surface area contributed by atoms with Gasteiger partial charge in [-0.25, -0.2) is 0 Å². The Labute approximate surface area is 146 Å². The molecule has 25 heavy (non-hydrogen) atoms. The molecule has 2 aromatic heterocycles. The Hall–Kier alpha value is -2.89. The zero-order chi connectivity index (χ0) is 17.4. The maximum absolute atomic E-state index is 12.7. The number of piperazine rings is 1. The lowest BCUT2D eigenvalue weighted by Gasteiger charge is -2.35. The predicted octanol–water partition coefficient (Wildman–Crippen LogP) is 2.38. The average molecular weight is 335 g/mol. The van der Waals surface area contributed by atoms with E-state index in [-0.39, 0.29) is 5.91 Å². The fraction of sp³-hybridized carbons (Fsp3) is 0.316. The molecule has 0 N–H and O–H groups in total. The van der Waals surface area contributed by atoms with Crippen molar-refractivity contribution in [1.82, 2.24) is 14.8 Å². The largest absolute Gasteiger partial charge is 0.360 e. The number of pyridine rings is 1. The van der Waals surface area contributed by atoms with E-state index in [1.54, 1.807) is 10.9 Å². The van der Waals surface area contributed by atoms with Crippen molar-refractivity contribution in [2.24, 2.45) is 7.05 Å². The van der Waals surface area contributed by atoms with E-state index in [4.69, 9.17) is 4.98 Å². The van der Waals surface area contributed by atoms with Crippen LogP contribution in [0.5, 0.6) is 0 Å². The number of carbonyl (C=O) groups is 1. The molecule has 6 heteroatoms. The summed E-state index contributed by atoms with van der Waals surface area (Å²) in [5, 5.41) is 5.27. The van der Waals surface area contributed by atoms with E-state index < -0.39 is 0 Å². The number of aryl methyl sites for hydroxylation is 2. The molecule has 6 nitrogen and oxygen atoms in total. The highest BCUT2D eigenvalue weighted by atomic mass is 16.2. The lowest BCUT2D eigenvalue weighted by atomic mass is 10.1. The summed E-state index contributed by atoms with van der Waals surface area (Å²) in [4.78, 5) is 21.4. The molecule has 1 amide bonds. The summed E-state index contributed by atoms with van der Waals surface area (Å²) in [6, 6.07) is 10.3. The van der Waals surface area contributed by atoms with Gasteiger partial charge in [-0.1, -0.05) is 25.1 Å². The van der Waals surface area contributed by atoms with Gasteiger partial charge in [-0.2, -0.15) is 5.10 Å². The first kappa shape index (κ1) is 15.6. The van der Waals surface area contributed by atoms with Crippen LogP contribution in [0.3, 0.4) is 0 Å². The second-order valence-corrected chi connectivity index (χ2v) is 6.34. The monoisotopic (exact) mass is 335 g/mol. The van der Waals surface area contributed by atoms with Crippen molar-refractivity contribution < 1.29 is 4.79 Å². The van der Waals surface area contributed by atoms with Crippen molar-refractivity contribution >= 4 is 28.2 Å². The molecule has 3 heterocycles. The number of anilines is 2. The molecule has 0 saturated carbocycles. The van der Waals surface area contributed by atoms with E-state index in [1.165, 1.54) is 0 Å². The van der Waals surface area contributed by atoms with E-state index in [9.17, 15) is 4.79 Å². The van der Waals surface area contributed by atoms with Crippen LogP contribution in [-0.4, -0.2) is 40.3 Å². The Morgan fingerprint density at radius 1 is 1.20 bits per heavy atom. The third-order valence-electron chi connectivity index (χ3n) is 4.67. The second kappa shape index (κ2) is 6.20. The third kappa shape index (κ3) is 2.84. The number of carbonyl (C=O) groups excluding carboxylic acids is 1. The van der Waals surface area contributed by atoms with Crippen LogP contribution in [0.15, 0.2) is 42.7 Å². The van der Waals surface area contributed by atoms with Crippen LogP contribution < -0.4 is 9.80 Å². The lowest BCUT2D eigenvalue weighted by Crippen LogP contribution is -2.50.